The standard InChI is InChI=1S/C9H23Cl2N2PSi2/c1-8-16(11)12(9(2,3)4)14(10)13(16)15(5,6)7/h8H2,1-7H3. The molecule has 0 aliphatic carbocycles. The number of hydrogen-bond acceptors (Lipinski definition) is 2. The molecule has 0 aromatic heterocycles. The highest BCUT2D eigenvalue weighted by atomic mass is 35.7. The maximum Gasteiger partial charge on any atom is 0.311 e. The molecule has 1 rings (SSSR count). The molecule has 0 radical (unpaired) electrons. The van der Waals surface area contributed by atoms with Gasteiger partial charge >= 0.3 is 7.71 Å². The monoisotopic (exact) mass is 316 g/mol. The van der Waals surface area contributed by atoms with E-state index in [4.69, 9.17) is 22.3 Å². The molecule has 0 amide bonds. The van der Waals surface area contributed by atoms with E-state index in [0.29, 0.717) is 0 Å². The third kappa shape index (κ3) is 2.40. The summed E-state index contributed by atoms with van der Waals surface area (Å²) in [5, 5.41) is 0. The van der Waals surface area contributed by atoms with Gasteiger partial charge in [-0.3, -0.25) is 4.00 Å². The molecule has 0 spiro atoms. The van der Waals surface area contributed by atoms with Gasteiger partial charge in [0.05, 0.1) is 0 Å². The third-order valence-electron chi connectivity index (χ3n) is 2.70. The van der Waals surface area contributed by atoms with Crippen molar-refractivity contribution >= 4 is 45.8 Å². The van der Waals surface area contributed by atoms with Crippen molar-refractivity contribution in [2.24, 2.45) is 0 Å². The number of halogens is 2. The maximum atomic E-state index is 6.95. The molecule has 0 saturated carbocycles. The van der Waals surface area contributed by atoms with Gasteiger partial charge in [-0.2, -0.15) is 0 Å². The summed E-state index contributed by atoms with van der Waals surface area (Å²) in [5.74, 6) is 0. The van der Waals surface area contributed by atoms with Crippen molar-refractivity contribution in [1.82, 2.24) is 8.34 Å². The summed E-state index contributed by atoms with van der Waals surface area (Å²) in [6.07, 6.45) is 0. The Morgan fingerprint density at radius 1 is 1.25 bits per heavy atom. The number of rotatable bonds is 2. The zero-order valence-corrected chi connectivity index (χ0v) is 15.7. The maximum absolute atomic E-state index is 6.95. The molecule has 7 heteroatoms. The fourth-order valence-corrected chi connectivity index (χ4v) is 25.7. The Kier molecular flexibility index (Phi) is 4.32. The summed E-state index contributed by atoms with van der Waals surface area (Å²) >= 11 is 13.6. The Bertz CT molecular complexity index is 256. The van der Waals surface area contributed by atoms with E-state index in [2.05, 4.69) is 55.7 Å². The first-order valence-electron chi connectivity index (χ1n) is 5.71. The molecule has 0 aromatic rings. The second-order valence-electron chi connectivity index (χ2n) is 6.28. The van der Waals surface area contributed by atoms with Crippen LogP contribution in [0.1, 0.15) is 27.7 Å². The van der Waals surface area contributed by atoms with Crippen molar-refractivity contribution in [2.45, 2.75) is 58.9 Å². The molecule has 2 atom stereocenters. The van der Waals surface area contributed by atoms with Gasteiger partial charge in [-0.05, 0) is 26.8 Å². The Hall–Kier alpha value is 1.36. The van der Waals surface area contributed by atoms with E-state index < -0.39 is 23.5 Å². The van der Waals surface area contributed by atoms with Crippen molar-refractivity contribution < 1.29 is 0 Å². The summed E-state index contributed by atoms with van der Waals surface area (Å²) < 4.78 is 4.93. The van der Waals surface area contributed by atoms with Crippen LogP contribution < -0.4 is 0 Å². The van der Waals surface area contributed by atoms with Crippen LogP contribution in [0.25, 0.3) is 0 Å². The molecule has 0 bridgehead atoms. The second kappa shape index (κ2) is 4.48. The molecular formula is C9H23Cl2N2PSi2. The van der Waals surface area contributed by atoms with E-state index >= 15 is 0 Å². The van der Waals surface area contributed by atoms with E-state index in [1.807, 2.05) is 0 Å². The van der Waals surface area contributed by atoms with E-state index in [1.165, 1.54) is 0 Å². The SMILES string of the molecule is CC[Si]1(Cl)N(C(C)(C)C)P(Cl)N1[Si](C)(C)C. The van der Waals surface area contributed by atoms with E-state index in [9.17, 15) is 0 Å². The van der Waals surface area contributed by atoms with E-state index in [0.717, 1.165) is 6.04 Å². The van der Waals surface area contributed by atoms with Gasteiger partial charge in [0, 0.05) is 5.54 Å². The van der Waals surface area contributed by atoms with Gasteiger partial charge in [0.1, 0.15) is 15.8 Å². The molecule has 1 heterocycles. The third-order valence-corrected chi connectivity index (χ3v) is 21.7. The molecule has 0 N–H and O–H groups in total. The molecule has 0 aromatic carbocycles. The van der Waals surface area contributed by atoms with E-state index in [1.54, 1.807) is 0 Å². The lowest BCUT2D eigenvalue weighted by Crippen LogP contribution is -2.77. The molecule has 1 fully saturated rings. The first-order valence-corrected chi connectivity index (χ1v) is 14.4. The minimum atomic E-state index is -1.97. The number of hydrogen-bond donors (Lipinski definition) is 0. The molecular weight excluding hydrogens is 294 g/mol. The zero-order valence-electron chi connectivity index (χ0n) is 11.3. The smallest absolute Gasteiger partial charge is 0.276 e. The predicted octanol–water partition coefficient (Wildman–Crippen LogP) is 4.90. The molecule has 1 aliphatic heterocycles. The fourth-order valence-electron chi connectivity index (χ4n) is 2.22. The molecule has 2 unspecified atom stereocenters. The van der Waals surface area contributed by atoms with Crippen LogP contribution >= 0.6 is 29.9 Å². The quantitative estimate of drug-likeness (QED) is 0.406. The van der Waals surface area contributed by atoms with Crippen LogP contribution in [0, 0.1) is 0 Å². The lowest BCUT2D eigenvalue weighted by atomic mass is 10.1. The second-order valence-corrected chi connectivity index (χ2v) is 19.7. The van der Waals surface area contributed by atoms with Gasteiger partial charge < -0.3 is 0 Å². The highest BCUT2D eigenvalue weighted by molar-refractivity contribution is 7.89. The molecule has 16 heavy (non-hydrogen) atoms. The molecule has 1 aliphatic rings. The van der Waals surface area contributed by atoms with Crippen LogP contribution in [0.5, 0.6) is 0 Å². The molecule has 1 saturated heterocycles. The fraction of sp³-hybridized carbons (Fsp3) is 1.00. The van der Waals surface area contributed by atoms with Crippen LogP contribution in [0.4, 0.5) is 0 Å². The first kappa shape index (κ1) is 15.4. The van der Waals surface area contributed by atoms with Crippen molar-refractivity contribution in [2.75, 3.05) is 0 Å². The molecule has 2 nitrogen and oxygen atoms in total. The lowest BCUT2D eigenvalue weighted by molar-refractivity contribution is 0.336. The molecule has 96 valence electrons. The summed E-state index contributed by atoms with van der Waals surface area (Å²) in [6, 6.07) is 1.04. The van der Waals surface area contributed by atoms with Gasteiger partial charge in [0.15, 0.2) is 0 Å². The Morgan fingerprint density at radius 2 is 1.69 bits per heavy atom. The topological polar surface area (TPSA) is 6.48 Å². The highest BCUT2D eigenvalue weighted by Gasteiger charge is 2.65. The van der Waals surface area contributed by atoms with E-state index in [-0.39, 0.29) is 5.54 Å². The summed E-state index contributed by atoms with van der Waals surface area (Å²) in [5.41, 5.74) is 0.0909. The average molecular weight is 317 g/mol. The summed E-state index contributed by atoms with van der Waals surface area (Å²) in [7, 11) is -4.05. The van der Waals surface area contributed by atoms with Crippen LogP contribution in [0.2, 0.25) is 25.7 Å². The van der Waals surface area contributed by atoms with Gasteiger partial charge in [-0.1, -0.05) is 37.8 Å². The summed E-state index contributed by atoms with van der Waals surface area (Å²) in [6.45, 7) is 15.9. The van der Waals surface area contributed by atoms with Gasteiger partial charge in [-0.25, -0.2) is 4.34 Å². The number of nitrogens with zero attached hydrogens (tertiary/aromatic N) is 2. The van der Waals surface area contributed by atoms with Gasteiger partial charge in [-0.15, -0.1) is 11.1 Å². The van der Waals surface area contributed by atoms with Crippen LogP contribution in [0.3, 0.4) is 0 Å². The van der Waals surface area contributed by atoms with Crippen molar-refractivity contribution in [3.05, 3.63) is 0 Å². The zero-order chi connectivity index (χ0) is 12.9. The van der Waals surface area contributed by atoms with Gasteiger partial charge in [0.2, 0.25) is 0 Å². The highest BCUT2D eigenvalue weighted by Crippen LogP contribution is 2.70. The minimum absolute atomic E-state index is 0.0909. The first-order chi connectivity index (χ1) is 6.96. The predicted molar refractivity (Wildman–Crippen MR) is 81.6 cm³/mol. The van der Waals surface area contributed by atoms with Gasteiger partial charge in [0.25, 0.3) is 0 Å². The minimum Gasteiger partial charge on any atom is -0.276 e. The Balaban J connectivity index is 3.05. The largest absolute Gasteiger partial charge is 0.311 e. The van der Waals surface area contributed by atoms with Crippen molar-refractivity contribution in [3.8, 4) is 0 Å². The lowest BCUT2D eigenvalue weighted by Gasteiger charge is -2.66. The van der Waals surface area contributed by atoms with Crippen LogP contribution in [-0.4, -0.2) is 29.8 Å². The Morgan fingerprint density at radius 3 is 1.94 bits per heavy atom. The van der Waals surface area contributed by atoms with Crippen molar-refractivity contribution in [3.63, 3.8) is 0 Å². The van der Waals surface area contributed by atoms with Crippen molar-refractivity contribution in [1.29, 1.82) is 0 Å². The van der Waals surface area contributed by atoms with Crippen LogP contribution in [0.15, 0.2) is 0 Å². The average Bonchev–Trinajstić information content (AvgIpc) is 1.96. The Labute approximate surface area is 113 Å². The van der Waals surface area contributed by atoms with Crippen LogP contribution in [-0.2, 0) is 0 Å². The normalized spacial score (nSPS) is 33.9. The summed E-state index contributed by atoms with van der Waals surface area (Å²) in [4.78, 5) is 0.